The van der Waals surface area contributed by atoms with E-state index in [1.165, 1.54) is 25.0 Å². The predicted octanol–water partition coefficient (Wildman–Crippen LogP) is 3.16. The Balaban J connectivity index is 1.58. The van der Waals surface area contributed by atoms with Gasteiger partial charge in [-0.15, -0.1) is 13.2 Å². The minimum atomic E-state index is -4.67. The molecule has 1 aromatic rings. The summed E-state index contributed by atoms with van der Waals surface area (Å²) in [5.41, 5.74) is 1.30. The Morgan fingerprint density at radius 3 is 2.80 bits per heavy atom. The average Bonchev–Trinajstić information content (AvgIpc) is 2.99. The van der Waals surface area contributed by atoms with Gasteiger partial charge in [0.15, 0.2) is 0 Å². The molecular weight excluding hydrogens is 271 g/mol. The molecule has 108 valence electrons. The first-order valence-electron chi connectivity index (χ1n) is 6.74. The first kappa shape index (κ1) is 12.3. The molecule has 1 aromatic carbocycles. The molecule has 1 N–H and O–H groups in total. The fourth-order valence-electron chi connectivity index (χ4n) is 3.29. The number of halogens is 3. The second kappa shape index (κ2) is 3.81. The van der Waals surface area contributed by atoms with Crippen LogP contribution < -0.4 is 14.8 Å². The number of ether oxygens (including phenoxy) is 2. The molecule has 2 heterocycles. The molecule has 2 fully saturated rings. The van der Waals surface area contributed by atoms with Crippen LogP contribution in [0.1, 0.15) is 30.9 Å². The van der Waals surface area contributed by atoms with E-state index < -0.39 is 6.36 Å². The quantitative estimate of drug-likeness (QED) is 0.859. The van der Waals surface area contributed by atoms with Crippen LogP contribution >= 0.6 is 0 Å². The highest BCUT2D eigenvalue weighted by atomic mass is 19.4. The van der Waals surface area contributed by atoms with Gasteiger partial charge in [0, 0.05) is 18.2 Å². The standard InChI is InChI=1S/C14H14F3NO2/c15-14(16,17)20-8-1-2-9-10(5-8)19-11-6-13(3-4-13)7-18-12(9)11/h1-2,5,11-12,18H,3-4,6-7H2/t11-,12-/m0/s1. The van der Waals surface area contributed by atoms with Gasteiger partial charge in [0.05, 0.1) is 6.04 Å². The molecule has 0 unspecified atom stereocenters. The zero-order valence-electron chi connectivity index (χ0n) is 10.7. The lowest BCUT2D eigenvalue weighted by atomic mass is 9.88. The highest BCUT2D eigenvalue weighted by Crippen LogP contribution is 2.55. The molecule has 20 heavy (non-hydrogen) atoms. The van der Waals surface area contributed by atoms with Gasteiger partial charge in [-0.25, -0.2) is 0 Å². The fraction of sp³-hybridized carbons (Fsp3) is 0.571. The van der Waals surface area contributed by atoms with Gasteiger partial charge in [-0.3, -0.25) is 0 Å². The van der Waals surface area contributed by atoms with Gasteiger partial charge < -0.3 is 14.8 Å². The number of hydrogen-bond donors (Lipinski definition) is 1. The third-order valence-corrected chi connectivity index (χ3v) is 4.49. The van der Waals surface area contributed by atoms with Crippen LogP contribution in [-0.2, 0) is 0 Å². The summed E-state index contributed by atoms with van der Waals surface area (Å²) < 4.78 is 46.4. The minimum absolute atomic E-state index is 0.0300. The predicted molar refractivity (Wildman–Crippen MR) is 64.6 cm³/mol. The van der Waals surface area contributed by atoms with Gasteiger partial charge in [0.25, 0.3) is 0 Å². The summed E-state index contributed by atoms with van der Waals surface area (Å²) in [5.74, 6) is 0.281. The lowest BCUT2D eigenvalue weighted by molar-refractivity contribution is -0.274. The zero-order chi connectivity index (χ0) is 14.0. The summed E-state index contributed by atoms with van der Waals surface area (Å²) in [6, 6.07) is 4.44. The van der Waals surface area contributed by atoms with Crippen LogP contribution in [-0.4, -0.2) is 19.0 Å². The smallest absolute Gasteiger partial charge is 0.488 e. The van der Waals surface area contributed by atoms with Gasteiger partial charge in [0.2, 0.25) is 0 Å². The molecule has 1 saturated carbocycles. The number of alkyl halides is 3. The van der Waals surface area contributed by atoms with Crippen LogP contribution in [0.15, 0.2) is 18.2 Å². The molecule has 3 nitrogen and oxygen atoms in total. The lowest BCUT2D eigenvalue weighted by Crippen LogP contribution is -2.42. The van der Waals surface area contributed by atoms with Crippen LogP contribution in [0, 0.1) is 5.41 Å². The molecule has 4 rings (SSSR count). The number of piperidine rings is 1. The molecular formula is C14H14F3NO2. The highest BCUT2D eigenvalue weighted by Gasteiger charge is 2.52. The maximum absolute atomic E-state index is 12.2. The third-order valence-electron chi connectivity index (χ3n) is 4.49. The van der Waals surface area contributed by atoms with Crippen LogP contribution in [0.25, 0.3) is 0 Å². The van der Waals surface area contributed by atoms with E-state index in [4.69, 9.17) is 4.74 Å². The Morgan fingerprint density at radius 1 is 1.30 bits per heavy atom. The SMILES string of the molecule is FC(F)(F)Oc1ccc2c(c1)O[C@H]1CC3(CC3)CN[C@@H]21. The molecule has 3 aliphatic rings. The minimum Gasteiger partial charge on any atom is -0.488 e. The molecule has 0 radical (unpaired) electrons. The zero-order valence-corrected chi connectivity index (χ0v) is 10.7. The van der Waals surface area contributed by atoms with Crippen LogP contribution in [0.2, 0.25) is 0 Å². The second-order valence-corrected chi connectivity index (χ2v) is 5.97. The maximum Gasteiger partial charge on any atom is 0.573 e. The largest absolute Gasteiger partial charge is 0.573 e. The van der Waals surface area contributed by atoms with Crippen molar-refractivity contribution in [2.75, 3.05) is 6.54 Å². The Morgan fingerprint density at radius 2 is 2.10 bits per heavy atom. The van der Waals surface area contributed by atoms with E-state index >= 15 is 0 Å². The lowest BCUT2D eigenvalue weighted by Gasteiger charge is -2.32. The van der Waals surface area contributed by atoms with Crippen molar-refractivity contribution in [3.8, 4) is 11.5 Å². The van der Waals surface area contributed by atoms with E-state index in [-0.39, 0.29) is 17.9 Å². The van der Waals surface area contributed by atoms with Gasteiger partial charge in [-0.1, -0.05) is 0 Å². The van der Waals surface area contributed by atoms with E-state index in [1.54, 1.807) is 6.07 Å². The Kier molecular flexibility index (Phi) is 2.35. The number of benzene rings is 1. The van der Waals surface area contributed by atoms with Crippen molar-refractivity contribution in [3.05, 3.63) is 23.8 Å². The van der Waals surface area contributed by atoms with Crippen molar-refractivity contribution in [2.45, 2.75) is 37.8 Å². The molecule has 0 amide bonds. The van der Waals surface area contributed by atoms with Crippen LogP contribution in [0.4, 0.5) is 13.2 Å². The van der Waals surface area contributed by atoms with Gasteiger partial charge in [0.1, 0.15) is 17.6 Å². The average molecular weight is 285 g/mol. The van der Waals surface area contributed by atoms with Gasteiger partial charge in [-0.2, -0.15) is 0 Å². The Hall–Kier alpha value is -1.43. The molecule has 2 atom stereocenters. The first-order valence-corrected chi connectivity index (χ1v) is 6.74. The second-order valence-electron chi connectivity index (χ2n) is 5.97. The highest BCUT2D eigenvalue weighted by molar-refractivity contribution is 5.46. The summed E-state index contributed by atoms with van der Waals surface area (Å²) in [6.07, 6.45) is -1.23. The number of nitrogens with one attached hydrogen (secondary N) is 1. The van der Waals surface area contributed by atoms with Crippen molar-refractivity contribution in [3.63, 3.8) is 0 Å². The maximum atomic E-state index is 12.2. The summed E-state index contributed by atoms with van der Waals surface area (Å²) in [6.45, 7) is 0.970. The molecule has 0 aromatic heterocycles. The number of hydrogen-bond acceptors (Lipinski definition) is 3. The Labute approximate surface area is 114 Å². The van der Waals surface area contributed by atoms with Crippen molar-refractivity contribution < 1.29 is 22.6 Å². The normalized spacial score (nSPS) is 29.6. The summed E-state index contributed by atoms with van der Waals surface area (Å²) in [5, 5.41) is 3.47. The molecule has 1 spiro atoms. The number of fused-ring (bicyclic) bond motifs is 3. The summed E-state index contributed by atoms with van der Waals surface area (Å²) in [4.78, 5) is 0. The van der Waals surface area contributed by atoms with Gasteiger partial charge in [-0.05, 0) is 36.8 Å². The van der Waals surface area contributed by atoms with E-state index in [2.05, 4.69) is 10.1 Å². The van der Waals surface area contributed by atoms with Crippen molar-refractivity contribution in [1.29, 1.82) is 0 Å². The van der Waals surface area contributed by atoms with Crippen molar-refractivity contribution >= 4 is 0 Å². The van der Waals surface area contributed by atoms with Crippen molar-refractivity contribution in [2.24, 2.45) is 5.41 Å². The molecule has 6 heteroatoms. The van der Waals surface area contributed by atoms with E-state index in [0.29, 0.717) is 11.2 Å². The van der Waals surface area contributed by atoms with Crippen LogP contribution in [0.5, 0.6) is 11.5 Å². The molecule has 1 saturated heterocycles. The number of rotatable bonds is 1. The molecule has 2 aliphatic heterocycles. The van der Waals surface area contributed by atoms with E-state index in [0.717, 1.165) is 18.5 Å². The Bertz CT molecular complexity index is 554. The van der Waals surface area contributed by atoms with Gasteiger partial charge >= 0.3 is 6.36 Å². The van der Waals surface area contributed by atoms with Crippen LogP contribution in [0.3, 0.4) is 0 Å². The topological polar surface area (TPSA) is 30.5 Å². The third kappa shape index (κ3) is 2.02. The van der Waals surface area contributed by atoms with E-state index in [9.17, 15) is 13.2 Å². The summed E-state index contributed by atoms with van der Waals surface area (Å²) >= 11 is 0. The first-order chi connectivity index (χ1) is 9.44. The fourth-order valence-corrected chi connectivity index (χ4v) is 3.29. The monoisotopic (exact) mass is 285 g/mol. The van der Waals surface area contributed by atoms with Crippen molar-refractivity contribution in [1.82, 2.24) is 5.32 Å². The summed E-state index contributed by atoms with van der Waals surface area (Å²) in [7, 11) is 0. The van der Waals surface area contributed by atoms with E-state index in [1.807, 2.05) is 0 Å². The molecule has 0 bridgehead atoms. The molecule has 1 aliphatic carbocycles.